The molecule has 22 heavy (non-hydrogen) atoms. The number of ether oxygens (including phenoxy) is 1. The maximum atomic E-state index is 10.2. The number of nitrogens with one attached hydrogen (secondary N) is 1. The van der Waals surface area contributed by atoms with Crippen molar-refractivity contribution in [1.82, 2.24) is 14.5 Å². The quantitative estimate of drug-likeness (QED) is 0.542. The largest absolute Gasteiger partial charge is 0.394 e. The molecule has 0 saturated carbocycles. The monoisotopic (exact) mass is 304 g/mol. The molecule has 0 aromatic carbocycles. The van der Waals surface area contributed by atoms with E-state index < -0.39 is 31.1 Å². The van der Waals surface area contributed by atoms with Crippen molar-refractivity contribution < 1.29 is 20.1 Å². The summed E-state index contributed by atoms with van der Waals surface area (Å²) in [6, 6.07) is 0. The maximum absolute atomic E-state index is 10.2. The van der Waals surface area contributed by atoms with Crippen molar-refractivity contribution in [1.29, 1.82) is 0 Å². The molecular formula is C14H16N4O4. The molecule has 1 aliphatic rings. The molecule has 1 aliphatic heterocycles. The van der Waals surface area contributed by atoms with Gasteiger partial charge < -0.3 is 29.9 Å². The molecule has 3 heterocycles. The van der Waals surface area contributed by atoms with E-state index in [-0.39, 0.29) is 0 Å². The number of aliphatic hydroxyl groups is 3. The van der Waals surface area contributed by atoms with Crippen LogP contribution < -0.4 is 5.32 Å². The summed E-state index contributed by atoms with van der Waals surface area (Å²) in [6.45, 7) is -0.396. The number of hydrogen-bond donors (Lipinski definition) is 4. The summed E-state index contributed by atoms with van der Waals surface area (Å²) in [5.41, 5.74) is 1.01. The van der Waals surface area contributed by atoms with Gasteiger partial charge in [0.1, 0.15) is 36.1 Å². The van der Waals surface area contributed by atoms with Crippen molar-refractivity contribution >= 4 is 16.9 Å². The number of rotatable bonds is 3. The van der Waals surface area contributed by atoms with Gasteiger partial charge in [-0.25, -0.2) is 9.97 Å². The predicted octanol–water partition coefficient (Wildman–Crippen LogP) is -0.934. The van der Waals surface area contributed by atoms with Gasteiger partial charge in [-0.1, -0.05) is 5.92 Å². The summed E-state index contributed by atoms with van der Waals surface area (Å²) in [4.78, 5) is 8.31. The third-order valence-electron chi connectivity index (χ3n) is 3.79. The van der Waals surface area contributed by atoms with Gasteiger partial charge in [0.15, 0.2) is 6.23 Å². The summed E-state index contributed by atoms with van der Waals surface area (Å²) >= 11 is 0. The van der Waals surface area contributed by atoms with E-state index in [0.29, 0.717) is 22.4 Å². The van der Waals surface area contributed by atoms with Crippen LogP contribution >= 0.6 is 0 Å². The number of terminal acetylenes is 1. The first-order valence-corrected chi connectivity index (χ1v) is 6.74. The molecule has 0 spiro atoms. The normalized spacial score (nSPS) is 28.0. The van der Waals surface area contributed by atoms with Gasteiger partial charge in [0.05, 0.1) is 17.6 Å². The van der Waals surface area contributed by atoms with Crippen LogP contribution in [-0.2, 0) is 4.74 Å². The fourth-order valence-corrected chi connectivity index (χ4v) is 2.69. The average Bonchev–Trinajstić information content (AvgIpc) is 3.06. The number of aromatic nitrogens is 3. The number of hydrogen-bond acceptors (Lipinski definition) is 7. The van der Waals surface area contributed by atoms with Crippen molar-refractivity contribution in [3.05, 3.63) is 18.1 Å². The van der Waals surface area contributed by atoms with Gasteiger partial charge in [0.2, 0.25) is 0 Å². The van der Waals surface area contributed by atoms with Crippen LogP contribution in [0.4, 0.5) is 5.82 Å². The molecule has 0 unspecified atom stereocenters. The zero-order valence-corrected chi connectivity index (χ0v) is 11.8. The Bertz CT molecular complexity index is 738. The highest BCUT2D eigenvalue weighted by Crippen LogP contribution is 2.34. The van der Waals surface area contributed by atoms with E-state index in [1.54, 1.807) is 17.8 Å². The predicted molar refractivity (Wildman–Crippen MR) is 78.0 cm³/mol. The van der Waals surface area contributed by atoms with Crippen LogP contribution in [-0.4, -0.2) is 61.8 Å². The molecule has 2 aromatic rings. The lowest BCUT2D eigenvalue weighted by molar-refractivity contribution is -0.0508. The second kappa shape index (κ2) is 5.55. The molecule has 3 rings (SSSR count). The summed E-state index contributed by atoms with van der Waals surface area (Å²) in [5.74, 6) is 3.11. The van der Waals surface area contributed by atoms with E-state index in [1.165, 1.54) is 6.33 Å². The third kappa shape index (κ3) is 2.03. The summed E-state index contributed by atoms with van der Waals surface area (Å²) in [6.07, 6.45) is 4.36. The molecule has 8 heteroatoms. The van der Waals surface area contributed by atoms with E-state index in [9.17, 15) is 15.3 Å². The smallest absolute Gasteiger partial charge is 0.164 e. The number of aliphatic hydroxyl groups excluding tert-OH is 3. The molecule has 8 nitrogen and oxygen atoms in total. The molecule has 0 radical (unpaired) electrons. The maximum Gasteiger partial charge on any atom is 0.164 e. The minimum Gasteiger partial charge on any atom is -0.394 e. The highest BCUT2D eigenvalue weighted by Gasteiger charge is 2.44. The van der Waals surface area contributed by atoms with E-state index in [4.69, 9.17) is 11.2 Å². The number of nitrogens with zero attached hydrogens (tertiary/aromatic N) is 3. The Morgan fingerprint density at radius 1 is 1.41 bits per heavy atom. The Labute approximate surface area is 126 Å². The molecule has 116 valence electrons. The average molecular weight is 304 g/mol. The SMILES string of the molecule is C#Cc1cn([C@@H]2O[C@H](CO)[C@@H](O)[C@H]2O)c2ncnc(NC)c12. The molecular weight excluding hydrogens is 288 g/mol. The molecule has 4 N–H and O–H groups in total. The van der Waals surface area contributed by atoms with Crippen LogP contribution in [0.5, 0.6) is 0 Å². The Morgan fingerprint density at radius 3 is 2.77 bits per heavy atom. The van der Waals surface area contributed by atoms with E-state index in [0.717, 1.165) is 0 Å². The van der Waals surface area contributed by atoms with Gasteiger partial charge in [0.25, 0.3) is 0 Å². The fourth-order valence-electron chi connectivity index (χ4n) is 2.69. The first-order chi connectivity index (χ1) is 10.6. The van der Waals surface area contributed by atoms with Crippen LogP contribution in [0.3, 0.4) is 0 Å². The van der Waals surface area contributed by atoms with Crippen molar-refractivity contribution in [3.8, 4) is 12.3 Å². The Hall–Kier alpha value is -2.18. The van der Waals surface area contributed by atoms with Gasteiger partial charge in [-0.2, -0.15) is 0 Å². The van der Waals surface area contributed by atoms with Crippen molar-refractivity contribution in [3.63, 3.8) is 0 Å². The van der Waals surface area contributed by atoms with Crippen molar-refractivity contribution in [2.75, 3.05) is 19.0 Å². The zero-order valence-electron chi connectivity index (χ0n) is 11.8. The zero-order chi connectivity index (χ0) is 15.9. The lowest BCUT2D eigenvalue weighted by Gasteiger charge is -2.17. The Morgan fingerprint density at radius 2 is 2.18 bits per heavy atom. The van der Waals surface area contributed by atoms with Crippen LogP contribution in [0.1, 0.15) is 11.8 Å². The second-order valence-electron chi connectivity index (χ2n) is 4.99. The van der Waals surface area contributed by atoms with Crippen molar-refractivity contribution in [2.24, 2.45) is 0 Å². The van der Waals surface area contributed by atoms with E-state index >= 15 is 0 Å². The van der Waals surface area contributed by atoms with Crippen LogP contribution in [0.15, 0.2) is 12.5 Å². The lowest BCUT2D eigenvalue weighted by Crippen LogP contribution is -2.33. The van der Waals surface area contributed by atoms with E-state index in [1.807, 2.05) is 0 Å². The van der Waals surface area contributed by atoms with Gasteiger partial charge in [-0.05, 0) is 0 Å². The van der Waals surface area contributed by atoms with Gasteiger partial charge in [0, 0.05) is 13.2 Å². The first kappa shape index (κ1) is 14.7. The second-order valence-corrected chi connectivity index (χ2v) is 4.99. The van der Waals surface area contributed by atoms with Crippen molar-refractivity contribution in [2.45, 2.75) is 24.5 Å². The van der Waals surface area contributed by atoms with Crippen LogP contribution in [0.25, 0.3) is 11.0 Å². The summed E-state index contributed by atoms with van der Waals surface area (Å²) in [7, 11) is 1.71. The molecule has 4 atom stereocenters. The Balaban J connectivity index is 2.15. The topological polar surface area (TPSA) is 113 Å². The Kier molecular flexibility index (Phi) is 3.72. The molecule has 2 aromatic heterocycles. The molecule has 1 fully saturated rings. The van der Waals surface area contributed by atoms with Gasteiger partial charge in [-0.15, -0.1) is 6.42 Å². The molecule has 0 amide bonds. The molecule has 0 bridgehead atoms. The number of fused-ring (bicyclic) bond motifs is 1. The van der Waals surface area contributed by atoms with E-state index in [2.05, 4.69) is 21.2 Å². The minimum absolute atomic E-state index is 0.396. The highest BCUT2D eigenvalue weighted by atomic mass is 16.6. The fraction of sp³-hybridized carbons (Fsp3) is 0.429. The lowest BCUT2D eigenvalue weighted by atomic mass is 10.1. The van der Waals surface area contributed by atoms with Gasteiger partial charge in [-0.3, -0.25) is 0 Å². The van der Waals surface area contributed by atoms with Crippen LogP contribution in [0.2, 0.25) is 0 Å². The first-order valence-electron chi connectivity index (χ1n) is 6.74. The standard InChI is InChI=1S/C14H16N4O4/c1-3-7-4-18(13-9(7)12(15-2)16-6-17-13)14-11(21)10(20)8(5-19)22-14/h1,4,6,8,10-11,14,19-21H,5H2,2H3,(H,15,16,17)/t8-,10-,11-,14-/m1/s1. The molecule has 1 saturated heterocycles. The highest BCUT2D eigenvalue weighted by molar-refractivity contribution is 5.93. The molecule has 0 aliphatic carbocycles. The summed E-state index contributed by atoms with van der Waals surface area (Å²) in [5, 5.41) is 32.8. The third-order valence-corrected chi connectivity index (χ3v) is 3.79. The minimum atomic E-state index is -1.20. The number of anilines is 1. The summed E-state index contributed by atoms with van der Waals surface area (Å²) < 4.78 is 7.08. The van der Waals surface area contributed by atoms with Crippen LogP contribution in [0, 0.1) is 12.3 Å². The van der Waals surface area contributed by atoms with Gasteiger partial charge >= 0.3 is 0 Å².